The predicted octanol–water partition coefficient (Wildman–Crippen LogP) is 6.22. The van der Waals surface area contributed by atoms with Crippen LogP contribution in [0.15, 0.2) is 36.4 Å². The smallest absolute Gasteiger partial charge is 0.0127 e. The van der Waals surface area contributed by atoms with Crippen LogP contribution in [0.5, 0.6) is 0 Å². The van der Waals surface area contributed by atoms with Crippen LogP contribution in [0.3, 0.4) is 0 Å². The minimum atomic E-state index is 0.251. The van der Waals surface area contributed by atoms with Crippen molar-refractivity contribution in [1.29, 1.82) is 0 Å². The van der Waals surface area contributed by atoms with Gasteiger partial charge in [0.1, 0.15) is 0 Å². The van der Waals surface area contributed by atoms with Gasteiger partial charge in [0.15, 0.2) is 0 Å². The zero-order valence-electron chi connectivity index (χ0n) is 13.4. The van der Waals surface area contributed by atoms with Gasteiger partial charge < -0.3 is 0 Å². The van der Waals surface area contributed by atoms with E-state index in [0.717, 1.165) is 6.42 Å². The van der Waals surface area contributed by atoms with Gasteiger partial charge in [-0.3, -0.25) is 0 Å². The lowest BCUT2D eigenvalue weighted by Gasteiger charge is -2.21. The lowest BCUT2D eigenvalue weighted by atomic mass is 9.84. The highest BCUT2D eigenvalue weighted by atomic mass is 14.2. The molecule has 0 saturated heterocycles. The fourth-order valence-electron chi connectivity index (χ4n) is 2.45. The molecule has 0 nitrogen and oxygen atoms in total. The quantitative estimate of drug-likeness (QED) is 0.531. The van der Waals surface area contributed by atoms with Gasteiger partial charge in [-0.1, -0.05) is 77.5 Å². The van der Waals surface area contributed by atoms with Crippen molar-refractivity contribution in [1.82, 2.24) is 0 Å². The highest BCUT2D eigenvalue weighted by Crippen LogP contribution is 2.28. The molecule has 0 aromatic heterocycles. The summed E-state index contributed by atoms with van der Waals surface area (Å²) in [4.78, 5) is 0. The zero-order chi connectivity index (χ0) is 14.3. The SMILES string of the molecule is CC/C=C\CC(CCC)c1ccc(C(C)(C)C)cc1. The summed E-state index contributed by atoms with van der Waals surface area (Å²) in [5.74, 6) is 0.682. The lowest BCUT2D eigenvalue weighted by Crippen LogP contribution is -2.11. The van der Waals surface area contributed by atoms with Crippen molar-refractivity contribution in [3.05, 3.63) is 47.5 Å². The fraction of sp³-hybridized carbons (Fsp3) is 0.579. The van der Waals surface area contributed by atoms with Crippen LogP contribution in [0, 0.1) is 0 Å². The Kier molecular flexibility index (Phi) is 6.34. The van der Waals surface area contributed by atoms with E-state index in [1.165, 1.54) is 30.4 Å². The summed E-state index contributed by atoms with van der Waals surface area (Å²) < 4.78 is 0. The standard InChI is InChI=1S/C19H30/c1-6-8-9-11-16(10-7-2)17-12-14-18(15-13-17)19(3,4)5/h8-9,12-16H,6-7,10-11H2,1-5H3/b9-8-. The highest BCUT2D eigenvalue weighted by Gasteiger charge is 2.14. The van der Waals surface area contributed by atoms with E-state index in [2.05, 4.69) is 71.0 Å². The van der Waals surface area contributed by atoms with Crippen LogP contribution in [0.4, 0.5) is 0 Å². The largest absolute Gasteiger partial charge is 0.0888 e. The Balaban J connectivity index is 2.82. The minimum Gasteiger partial charge on any atom is -0.0888 e. The molecule has 0 amide bonds. The molecule has 0 heteroatoms. The van der Waals surface area contributed by atoms with Crippen molar-refractivity contribution in [2.75, 3.05) is 0 Å². The summed E-state index contributed by atoms with van der Waals surface area (Å²) in [6.45, 7) is 11.3. The molecule has 0 aliphatic rings. The molecule has 1 aromatic carbocycles. The van der Waals surface area contributed by atoms with E-state index in [4.69, 9.17) is 0 Å². The number of hydrogen-bond donors (Lipinski definition) is 0. The van der Waals surface area contributed by atoms with E-state index in [1.54, 1.807) is 0 Å². The van der Waals surface area contributed by atoms with E-state index in [9.17, 15) is 0 Å². The predicted molar refractivity (Wildman–Crippen MR) is 86.8 cm³/mol. The van der Waals surface area contributed by atoms with Gasteiger partial charge in [-0.2, -0.15) is 0 Å². The van der Waals surface area contributed by atoms with E-state index in [0.29, 0.717) is 5.92 Å². The maximum Gasteiger partial charge on any atom is -0.0127 e. The maximum atomic E-state index is 2.35. The molecule has 1 unspecified atom stereocenters. The summed E-state index contributed by atoms with van der Waals surface area (Å²) >= 11 is 0. The van der Waals surface area contributed by atoms with Crippen LogP contribution >= 0.6 is 0 Å². The molecule has 0 spiro atoms. The monoisotopic (exact) mass is 258 g/mol. The topological polar surface area (TPSA) is 0 Å². The molecule has 19 heavy (non-hydrogen) atoms. The molecule has 0 aliphatic carbocycles. The Morgan fingerprint density at radius 2 is 1.63 bits per heavy atom. The van der Waals surface area contributed by atoms with Crippen LogP contribution in [0.2, 0.25) is 0 Å². The second-order valence-electron chi connectivity index (χ2n) is 6.47. The van der Waals surface area contributed by atoms with Crippen LogP contribution in [-0.4, -0.2) is 0 Å². The third-order valence-corrected chi connectivity index (χ3v) is 3.71. The van der Waals surface area contributed by atoms with E-state index in [-0.39, 0.29) is 5.41 Å². The first-order chi connectivity index (χ1) is 8.99. The number of rotatable bonds is 6. The van der Waals surface area contributed by atoms with Crippen molar-refractivity contribution < 1.29 is 0 Å². The molecular formula is C19H30. The molecule has 0 heterocycles. The minimum absolute atomic E-state index is 0.251. The molecule has 1 atom stereocenters. The van der Waals surface area contributed by atoms with Gasteiger partial charge in [-0.05, 0) is 41.7 Å². The molecule has 1 rings (SSSR count). The molecule has 0 radical (unpaired) electrons. The normalized spacial score (nSPS) is 13.9. The first-order valence-electron chi connectivity index (χ1n) is 7.74. The van der Waals surface area contributed by atoms with E-state index < -0.39 is 0 Å². The average Bonchev–Trinajstić information content (AvgIpc) is 2.37. The number of allylic oxidation sites excluding steroid dienone is 2. The lowest BCUT2D eigenvalue weighted by molar-refractivity contribution is 0.586. The van der Waals surface area contributed by atoms with Crippen LogP contribution in [0.1, 0.15) is 77.3 Å². The molecule has 0 N–H and O–H groups in total. The third kappa shape index (κ3) is 5.22. The summed E-state index contributed by atoms with van der Waals surface area (Å²) in [7, 11) is 0. The number of hydrogen-bond acceptors (Lipinski definition) is 0. The first-order valence-corrected chi connectivity index (χ1v) is 7.74. The molecule has 0 aliphatic heterocycles. The second kappa shape index (κ2) is 7.53. The van der Waals surface area contributed by atoms with Crippen LogP contribution in [-0.2, 0) is 5.41 Å². The third-order valence-electron chi connectivity index (χ3n) is 3.71. The summed E-state index contributed by atoms with van der Waals surface area (Å²) in [5, 5.41) is 0. The molecule has 1 aromatic rings. The van der Waals surface area contributed by atoms with Crippen LogP contribution in [0.25, 0.3) is 0 Å². The van der Waals surface area contributed by atoms with Crippen LogP contribution < -0.4 is 0 Å². The molecule has 0 saturated carbocycles. The summed E-state index contributed by atoms with van der Waals surface area (Å²) in [6, 6.07) is 9.28. The van der Waals surface area contributed by atoms with Gasteiger partial charge in [0, 0.05) is 0 Å². The summed E-state index contributed by atoms with van der Waals surface area (Å²) in [5.41, 5.74) is 3.17. The van der Waals surface area contributed by atoms with Gasteiger partial charge in [0.25, 0.3) is 0 Å². The van der Waals surface area contributed by atoms with E-state index in [1.807, 2.05) is 0 Å². The Hall–Kier alpha value is -1.04. The van der Waals surface area contributed by atoms with Crippen molar-refractivity contribution in [3.8, 4) is 0 Å². The van der Waals surface area contributed by atoms with Gasteiger partial charge in [-0.25, -0.2) is 0 Å². The fourth-order valence-corrected chi connectivity index (χ4v) is 2.45. The van der Waals surface area contributed by atoms with Gasteiger partial charge in [0.05, 0.1) is 0 Å². The summed E-state index contributed by atoms with van der Waals surface area (Å²) in [6.07, 6.45) is 9.48. The van der Waals surface area contributed by atoms with Gasteiger partial charge in [-0.15, -0.1) is 0 Å². The van der Waals surface area contributed by atoms with Crippen molar-refractivity contribution in [2.24, 2.45) is 0 Å². The molecule has 0 bridgehead atoms. The Morgan fingerprint density at radius 3 is 2.11 bits per heavy atom. The van der Waals surface area contributed by atoms with Gasteiger partial charge in [0.2, 0.25) is 0 Å². The van der Waals surface area contributed by atoms with Crippen molar-refractivity contribution in [2.45, 2.75) is 71.6 Å². The number of benzene rings is 1. The average molecular weight is 258 g/mol. The molecule has 106 valence electrons. The first kappa shape index (κ1) is 16.0. The highest BCUT2D eigenvalue weighted by molar-refractivity contribution is 5.29. The molecular weight excluding hydrogens is 228 g/mol. The van der Waals surface area contributed by atoms with E-state index >= 15 is 0 Å². The Labute approximate surface area is 119 Å². The second-order valence-corrected chi connectivity index (χ2v) is 6.47. The Bertz CT molecular complexity index is 375. The maximum absolute atomic E-state index is 2.35. The van der Waals surface area contributed by atoms with Crippen molar-refractivity contribution >= 4 is 0 Å². The van der Waals surface area contributed by atoms with Crippen molar-refractivity contribution in [3.63, 3.8) is 0 Å². The molecule has 0 fully saturated rings. The Morgan fingerprint density at radius 1 is 1.00 bits per heavy atom. The zero-order valence-corrected chi connectivity index (χ0v) is 13.4. The van der Waals surface area contributed by atoms with Gasteiger partial charge >= 0.3 is 0 Å².